The van der Waals surface area contributed by atoms with Crippen LogP contribution in [0.1, 0.15) is 42.6 Å². The Morgan fingerprint density at radius 3 is 2.54 bits per heavy atom. The quantitative estimate of drug-likeness (QED) is 0.403. The summed E-state index contributed by atoms with van der Waals surface area (Å²) in [6.07, 6.45) is -0.295. The van der Waals surface area contributed by atoms with Gasteiger partial charge in [-0.1, -0.05) is 24.3 Å². The zero-order valence-electron chi connectivity index (χ0n) is 16.4. The fourth-order valence-electron chi connectivity index (χ4n) is 2.48. The number of benzene rings is 2. The van der Waals surface area contributed by atoms with Crippen molar-refractivity contribution in [2.45, 2.75) is 39.7 Å². The van der Waals surface area contributed by atoms with Crippen LogP contribution in [0.15, 0.2) is 48.5 Å². The summed E-state index contributed by atoms with van der Waals surface area (Å²) in [7, 11) is 0. The van der Waals surface area contributed by atoms with Crippen molar-refractivity contribution >= 4 is 23.3 Å². The number of hydrogen-bond donors (Lipinski definition) is 1. The Balaban J connectivity index is 1.73. The number of rotatable bonds is 9. The summed E-state index contributed by atoms with van der Waals surface area (Å²) >= 11 is 0. The van der Waals surface area contributed by atoms with E-state index in [-0.39, 0.29) is 12.2 Å². The minimum absolute atomic E-state index is 0.0940. The van der Waals surface area contributed by atoms with Gasteiger partial charge in [-0.15, -0.1) is 0 Å². The van der Waals surface area contributed by atoms with E-state index < -0.39 is 18.0 Å². The molecule has 2 rings (SSSR count). The van der Waals surface area contributed by atoms with Crippen molar-refractivity contribution in [3.63, 3.8) is 0 Å². The molecule has 148 valence electrons. The molecule has 6 heteroatoms. The van der Waals surface area contributed by atoms with Crippen LogP contribution in [-0.4, -0.2) is 30.4 Å². The SMILES string of the molecule is CC(=O)c1cccc(NC(=O)[C@@H](C)OC(=O)CCCOc2cccc(C)c2)c1. The number of nitrogens with one attached hydrogen (secondary N) is 1. The molecule has 0 bridgehead atoms. The number of ether oxygens (including phenoxy) is 2. The standard InChI is InChI=1S/C22H25NO5/c1-15-7-4-10-20(13-15)27-12-6-11-21(25)28-17(3)22(26)23-19-9-5-8-18(14-19)16(2)24/h4-5,7-10,13-14,17H,6,11-12H2,1-3H3,(H,23,26)/t17-/m1/s1. The number of anilines is 1. The van der Waals surface area contributed by atoms with E-state index in [0.717, 1.165) is 11.3 Å². The molecule has 1 amide bonds. The summed E-state index contributed by atoms with van der Waals surface area (Å²) in [5.74, 6) is -0.254. The Morgan fingerprint density at radius 1 is 1.07 bits per heavy atom. The summed E-state index contributed by atoms with van der Waals surface area (Å²) in [5.41, 5.74) is 2.08. The number of Topliss-reactive ketones (excluding diaryl/α,β-unsaturated/α-hetero) is 1. The third kappa shape index (κ3) is 6.87. The van der Waals surface area contributed by atoms with Crippen LogP contribution in [0, 0.1) is 6.92 Å². The molecule has 1 N–H and O–H groups in total. The lowest BCUT2D eigenvalue weighted by Gasteiger charge is -2.14. The van der Waals surface area contributed by atoms with E-state index in [4.69, 9.17) is 9.47 Å². The third-order valence-corrected chi connectivity index (χ3v) is 4.00. The highest BCUT2D eigenvalue weighted by molar-refractivity contribution is 5.98. The third-order valence-electron chi connectivity index (χ3n) is 4.00. The van der Waals surface area contributed by atoms with Gasteiger partial charge in [-0.2, -0.15) is 0 Å². The molecule has 0 fully saturated rings. The molecule has 0 aliphatic heterocycles. The monoisotopic (exact) mass is 383 g/mol. The van der Waals surface area contributed by atoms with Crippen LogP contribution in [0.4, 0.5) is 5.69 Å². The molecule has 28 heavy (non-hydrogen) atoms. The number of carbonyl (C=O) groups excluding carboxylic acids is 3. The van der Waals surface area contributed by atoms with Crippen LogP contribution >= 0.6 is 0 Å². The van der Waals surface area contributed by atoms with Gasteiger partial charge in [0.15, 0.2) is 11.9 Å². The lowest BCUT2D eigenvalue weighted by molar-refractivity contribution is -0.153. The fourth-order valence-corrected chi connectivity index (χ4v) is 2.48. The van der Waals surface area contributed by atoms with E-state index in [1.807, 2.05) is 31.2 Å². The number of esters is 1. The van der Waals surface area contributed by atoms with Gasteiger partial charge in [-0.25, -0.2) is 0 Å². The maximum absolute atomic E-state index is 12.2. The van der Waals surface area contributed by atoms with Crippen LogP contribution < -0.4 is 10.1 Å². The molecule has 0 aromatic heterocycles. The van der Waals surface area contributed by atoms with Gasteiger partial charge in [0.25, 0.3) is 5.91 Å². The summed E-state index contributed by atoms with van der Waals surface area (Å²) in [5, 5.41) is 2.64. The maximum atomic E-state index is 12.2. The maximum Gasteiger partial charge on any atom is 0.306 e. The van der Waals surface area contributed by atoms with Crippen molar-refractivity contribution in [3.8, 4) is 5.75 Å². The number of hydrogen-bond acceptors (Lipinski definition) is 5. The van der Waals surface area contributed by atoms with E-state index in [1.54, 1.807) is 24.3 Å². The van der Waals surface area contributed by atoms with Crippen molar-refractivity contribution in [1.82, 2.24) is 0 Å². The first-order chi connectivity index (χ1) is 13.3. The second-order valence-electron chi connectivity index (χ2n) is 6.53. The molecule has 0 radical (unpaired) electrons. The Kier molecular flexibility index (Phi) is 7.75. The fraction of sp³-hybridized carbons (Fsp3) is 0.318. The number of carbonyl (C=O) groups is 3. The Labute approximate surface area is 164 Å². The second kappa shape index (κ2) is 10.3. The van der Waals surface area contributed by atoms with Crippen LogP contribution in [0.2, 0.25) is 0 Å². The first kappa shape index (κ1) is 21.2. The highest BCUT2D eigenvalue weighted by Crippen LogP contribution is 2.14. The molecule has 0 aliphatic carbocycles. The summed E-state index contributed by atoms with van der Waals surface area (Å²) in [6, 6.07) is 14.3. The lowest BCUT2D eigenvalue weighted by Crippen LogP contribution is -2.30. The van der Waals surface area contributed by atoms with Gasteiger partial charge in [-0.3, -0.25) is 14.4 Å². The molecular weight excluding hydrogens is 358 g/mol. The summed E-state index contributed by atoms with van der Waals surface area (Å²) in [6.45, 7) is 5.32. The molecule has 0 heterocycles. The summed E-state index contributed by atoms with van der Waals surface area (Å²) < 4.78 is 10.7. The van der Waals surface area contributed by atoms with Crippen molar-refractivity contribution in [3.05, 3.63) is 59.7 Å². The Bertz CT molecular complexity index is 846. The molecule has 0 spiro atoms. The molecule has 6 nitrogen and oxygen atoms in total. The normalized spacial score (nSPS) is 11.4. The molecule has 0 saturated heterocycles. The van der Waals surface area contributed by atoms with Gasteiger partial charge >= 0.3 is 5.97 Å². The van der Waals surface area contributed by atoms with Gasteiger partial charge in [0.1, 0.15) is 5.75 Å². The topological polar surface area (TPSA) is 81.7 Å². The zero-order valence-corrected chi connectivity index (χ0v) is 16.4. The van der Waals surface area contributed by atoms with Crippen LogP contribution in [0.3, 0.4) is 0 Å². The van der Waals surface area contributed by atoms with Gasteiger partial charge < -0.3 is 14.8 Å². The summed E-state index contributed by atoms with van der Waals surface area (Å²) in [4.78, 5) is 35.5. The lowest BCUT2D eigenvalue weighted by atomic mass is 10.1. The molecular formula is C22H25NO5. The van der Waals surface area contributed by atoms with E-state index in [0.29, 0.717) is 24.3 Å². The largest absolute Gasteiger partial charge is 0.494 e. The van der Waals surface area contributed by atoms with Crippen molar-refractivity contribution in [1.29, 1.82) is 0 Å². The second-order valence-corrected chi connectivity index (χ2v) is 6.53. The Hall–Kier alpha value is -3.15. The van der Waals surface area contributed by atoms with E-state index in [1.165, 1.54) is 13.8 Å². The average molecular weight is 383 g/mol. The molecule has 0 unspecified atom stereocenters. The molecule has 2 aromatic carbocycles. The van der Waals surface area contributed by atoms with Crippen molar-refractivity contribution < 1.29 is 23.9 Å². The van der Waals surface area contributed by atoms with E-state index in [9.17, 15) is 14.4 Å². The van der Waals surface area contributed by atoms with Gasteiger partial charge in [0, 0.05) is 17.7 Å². The highest BCUT2D eigenvalue weighted by atomic mass is 16.5. The van der Waals surface area contributed by atoms with Gasteiger partial charge in [-0.05, 0) is 57.0 Å². The van der Waals surface area contributed by atoms with Crippen LogP contribution in [0.5, 0.6) is 5.75 Å². The molecule has 0 aliphatic rings. The molecule has 0 saturated carbocycles. The Morgan fingerprint density at radius 2 is 1.82 bits per heavy atom. The first-order valence-corrected chi connectivity index (χ1v) is 9.16. The molecule has 2 aromatic rings. The number of aryl methyl sites for hydroxylation is 1. The van der Waals surface area contributed by atoms with E-state index in [2.05, 4.69) is 5.32 Å². The number of amides is 1. The van der Waals surface area contributed by atoms with Crippen molar-refractivity contribution in [2.75, 3.05) is 11.9 Å². The van der Waals surface area contributed by atoms with E-state index >= 15 is 0 Å². The van der Waals surface area contributed by atoms with Crippen LogP contribution in [-0.2, 0) is 14.3 Å². The first-order valence-electron chi connectivity index (χ1n) is 9.16. The van der Waals surface area contributed by atoms with Crippen molar-refractivity contribution in [2.24, 2.45) is 0 Å². The minimum Gasteiger partial charge on any atom is -0.494 e. The predicted molar refractivity (Wildman–Crippen MR) is 107 cm³/mol. The predicted octanol–water partition coefficient (Wildman–Crippen LogP) is 3.93. The van der Waals surface area contributed by atoms with Gasteiger partial charge in [0.05, 0.1) is 6.61 Å². The highest BCUT2D eigenvalue weighted by Gasteiger charge is 2.18. The smallest absolute Gasteiger partial charge is 0.306 e. The van der Waals surface area contributed by atoms with Crippen LogP contribution in [0.25, 0.3) is 0 Å². The van der Waals surface area contributed by atoms with Gasteiger partial charge in [0.2, 0.25) is 0 Å². The minimum atomic E-state index is -0.939. The molecule has 1 atom stereocenters. The average Bonchev–Trinajstić information content (AvgIpc) is 2.65. The number of ketones is 1. The zero-order chi connectivity index (χ0) is 20.5.